The van der Waals surface area contributed by atoms with E-state index in [1.54, 1.807) is 23.9 Å². The van der Waals surface area contributed by atoms with E-state index < -0.39 is 0 Å². The molecule has 0 saturated heterocycles. The Bertz CT molecular complexity index is 469. The summed E-state index contributed by atoms with van der Waals surface area (Å²) in [5, 5.41) is 2.91. The Kier molecular flexibility index (Phi) is 1.70. The predicted octanol–water partition coefficient (Wildman–Crippen LogP) is 1.26. The molecule has 0 aromatic carbocycles. The van der Waals surface area contributed by atoms with Gasteiger partial charge in [-0.2, -0.15) is 0 Å². The second kappa shape index (κ2) is 3.02. The average molecular weight is 204 g/mol. The molecule has 0 radical (unpaired) electrons. The van der Waals surface area contributed by atoms with E-state index in [1.807, 2.05) is 5.38 Å². The van der Waals surface area contributed by atoms with E-state index in [4.69, 9.17) is 0 Å². The molecule has 1 aliphatic rings. The minimum Gasteiger partial charge on any atom is -0.348 e. The summed E-state index contributed by atoms with van der Waals surface area (Å²) in [5.74, 6) is 0. The van der Waals surface area contributed by atoms with Crippen molar-refractivity contribution in [3.63, 3.8) is 0 Å². The van der Waals surface area contributed by atoms with Gasteiger partial charge in [-0.15, -0.1) is 11.3 Å². The lowest BCUT2D eigenvalue weighted by Gasteiger charge is -2.08. The Morgan fingerprint density at radius 2 is 2.36 bits per heavy atom. The first-order chi connectivity index (χ1) is 6.95. The van der Waals surface area contributed by atoms with Crippen molar-refractivity contribution in [3.05, 3.63) is 34.3 Å². The number of aromatic amines is 1. The van der Waals surface area contributed by atoms with Crippen LogP contribution < -0.4 is 0 Å². The van der Waals surface area contributed by atoms with E-state index in [9.17, 15) is 0 Å². The van der Waals surface area contributed by atoms with E-state index >= 15 is 0 Å². The zero-order valence-electron chi connectivity index (χ0n) is 7.40. The first-order valence-corrected chi connectivity index (χ1v) is 5.30. The summed E-state index contributed by atoms with van der Waals surface area (Å²) in [4.78, 5) is 16.1. The second-order valence-electron chi connectivity index (χ2n) is 3.05. The van der Waals surface area contributed by atoms with Gasteiger partial charge in [0.1, 0.15) is 16.4 Å². The number of hydrogen-bond donors (Lipinski definition) is 1. The normalized spacial score (nSPS) is 15.0. The Morgan fingerprint density at radius 1 is 1.36 bits per heavy atom. The van der Waals surface area contributed by atoms with Crippen molar-refractivity contribution >= 4 is 17.0 Å². The van der Waals surface area contributed by atoms with Crippen molar-refractivity contribution in [1.29, 1.82) is 0 Å². The molecule has 1 N–H and O–H groups in total. The number of aromatic nitrogens is 3. The fourth-order valence-electron chi connectivity index (χ4n) is 1.58. The highest BCUT2D eigenvalue weighted by atomic mass is 32.1. The van der Waals surface area contributed by atoms with Crippen molar-refractivity contribution in [2.24, 2.45) is 4.99 Å². The monoisotopic (exact) mass is 204 g/mol. The quantitative estimate of drug-likeness (QED) is 0.760. The molecule has 1 aliphatic heterocycles. The van der Waals surface area contributed by atoms with Gasteiger partial charge >= 0.3 is 0 Å². The van der Waals surface area contributed by atoms with Crippen LogP contribution in [0.3, 0.4) is 0 Å². The summed E-state index contributed by atoms with van der Waals surface area (Å²) in [6, 6.07) is 0. The maximum atomic E-state index is 4.47. The summed E-state index contributed by atoms with van der Waals surface area (Å²) < 4.78 is 0. The summed E-state index contributed by atoms with van der Waals surface area (Å²) in [6.07, 6.45) is 4.47. The van der Waals surface area contributed by atoms with Gasteiger partial charge in [0.15, 0.2) is 0 Å². The Hall–Kier alpha value is -1.49. The van der Waals surface area contributed by atoms with Gasteiger partial charge in [0.05, 0.1) is 6.33 Å². The molecule has 3 rings (SSSR count). The van der Waals surface area contributed by atoms with Gasteiger partial charge in [0.25, 0.3) is 0 Å². The zero-order valence-corrected chi connectivity index (χ0v) is 8.21. The molecule has 70 valence electrons. The molecule has 0 aliphatic carbocycles. The van der Waals surface area contributed by atoms with Gasteiger partial charge < -0.3 is 4.98 Å². The average Bonchev–Trinajstić information content (AvgIpc) is 2.88. The third kappa shape index (κ3) is 1.09. The zero-order chi connectivity index (χ0) is 9.38. The molecule has 0 bridgehead atoms. The smallest absolute Gasteiger partial charge is 0.143 e. The van der Waals surface area contributed by atoms with Crippen LogP contribution in [0.1, 0.15) is 16.4 Å². The van der Waals surface area contributed by atoms with Crippen LogP contribution in [0.25, 0.3) is 0 Å². The Morgan fingerprint density at radius 3 is 3.21 bits per heavy atom. The predicted molar refractivity (Wildman–Crippen MR) is 54.9 cm³/mol. The molecule has 14 heavy (non-hydrogen) atoms. The number of thiazole rings is 1. The number of nitrogens with one attached hydrogen (secondary N) is 1. The van der Waals surface area contributed by atoms with Gasteiger partial charge in [-0.05, 0) is 0 Å². The molecular weight excluding hydrogens is 196 g/mol. The molecule has 5 heteroatoms. The number of hydrogen-bond acceptors (Lipinski definition) is 4. The van der Waals surface area contributed by atoms with Crippen LogP contribution in [-0.2, 0) is 6.42 Å². The van der Waals surface area contributed by atoms with Gasteiger partial charge in [-0.1, -0.05) is 0 Å². The number of imidazole rings is 1. The maximum absolute atomic E-state index is 4.47. The van der Waals surface area contributed by atoms with Crippen LogP contribution in [0.15, 0.2) is 22.9 Å². The molecule has 2 aromatic heterocycles. The number of rotatable bonds is 1. The van der Waals surface area contributed by atoms with E-state index in [2.05, 4.69) is 19.9 Å². The molecule has 4 nitrogen and oxygen atoms in total. The van der Waals surface area contributed by atoms with Crippen molar-refractivity contribution in [2.45, 2.75) is 6.42 Å². The Labute approximate surface area is 84.8 Å². The van der Waals surface area contributed by atoms with E-state index in [0.717, 1.165) is 29.4 Å². The molecule has 0 saturated carbocycles. The molecule has 0 unspecified atom stereocenters. The van der Waals surface area contributed by atoms with Crippen molar-refractivity contribution in [2.75, 3.05) is 6.54 Å². The Balaban J connectivity index is 2.14. The maximum Gasteiger partial charge on any atom is 0.143 e. The molecule has 0 fully saturated rings. The van der Waals surface area contributed by atoms with Gasteiger partial charge in [-0.25, -0.2) is 9.97 Å². The van der Waals surface area contributed by atoms with Crippen LogP contribution in [0, 0.1) is 0 Å². The minimum absolute atomic E-state index is 0.824. The van der Waals surface area contributed by atoms with Crippen LogP contribution >= 0.6 is 11.3 Å². The second-order valence-corrected chi connectivity index (χ2v) is 3.94. The lowest BCUT2D eigenvalue weighted by molar-refractivity contribution is 0.910. The minimum atomic E-state index is 0.824. The summed E-state index contributed by atoms with van der Waals surface area (Å²) in [5.41, 5.74) is 3.07. The van der Waals surface area contributed by atoms with Gasteiger partial charge in [0.2, 0.25) is 0 Å². The van der Waals surface area contributed by atoms with Crippen LogP contribution in [0.4, 0.5) is 0 Å². The first kappa shape index (κ1) is 7.87. The van der Waals surface area contributed by atoms with Gasteiger partial charge in [0, 0.05) is 30.2 Å². The third-order valence-electron chi connectivity index (χ3n) is 2.21. The number of nitrogens with zero attached hydrogens (tertiary/aromatic N) is 3. The van der Waals surface area contributed by atoms with Crippen LogP contribution in [-0.4, -0.2) is 27.2 Å². The molecule has 0 amide bonds. The van der Waals surface area contributed by atoms with Crippen molar-refractivity contribution in [1.82, 2.24) is 15.0 Å². The highest BCUT2D eigenvalue weighted by Crippen LogP contribution is 2.18. The van der Waals surface area contributed by atoms with Crippen LogP contribution in [0.5, 0.6) is 0 Å². The van der Waals surface area contributed by atoms with Crippen molar-refractivity contribution < 1.29 is 0 Å². The fourth-order valence-corrected chi connectivity index (χ4v) is 2.22. The number of fused-ring (bicyclic) bond motifs is 1. The molecule has 0 atom stereocenters. The number of H-pyrrole nitrogens is 1. The standard InChI is InChI=1S/C9H8N4S/c1-2-10-8(9-11-3-4-14-9)7-6(1)12-5-13-7/h3-5H,1-2H2,(H,12,13). The SMILES string of the molecule is c1csc(C2=NCCc3[nH]cnc32)n1. The highest BCUT2D eigenvalue weighted by Gasteiger charge is 2.19. The summed E-state index contributed by atoms with van der Waals surface area (Å²) in [7, 11) is 0. The molecular formula is C9H8N4S. The first-order valence-electron chi connectivity index (χ1n) is 4.42. The van der Waals surface area contributed by atoms with E-state index in [-0.39, 0.29) is 0 Å². The molecule has 0 spiro atoms. The molecule has 3 heterocycles. The lowest BCUT2D eigenvalue weighted by Crippen LogP contribution is -2.13. The third-order valence-corrected chi connectivity index (χ3v) is 2.99. The molecule has 2 aromatic rings. The van der Waals surface area contributed by atoms with E-state index in [1.165, 1.54) is 5.69 Å². The topological polar surface area (TPSA) is 53.9 Å². The number of aliphatic imine (C=N–C) groups is 1. The fraction of sp³-hybridized carbons (Fsp3) is 0.222. The highest BCUT2D eigenvalue weighted by molar-refractivity contribution is 7.11. The van der Waals surface area contributed by atoms with E-state index in [0.29, 0.717) is 0 Å². The summed E-state index contributed by atoms with van der Waals surface area (Å²) in [6.45, 7) is 0.824. The van der Waals surface area contributed by atoms with Gasteiger partial charge in [-0.3, -0.25) is 4.99 Å². The van der Waals surface area contributed by atoms with Crippen molar-refractivity contribution in [3.8, 4) is 0 Å². The summed E-state index contributed by atoms with van der Waals surface area (Å²) >= 11 is 1.60. The largest absolute Gasteiger partial charge is 0.348 e. The van der Waals surface area contributed by atoms with Crippen LogP contribution in [0.2, 0.25) is 0 Å². The lowest BCUT2D eigenvalue weighted by atomic mass is 10.1.